The van der Waals surface area contributed by atoms with Crippen LogP contribution in [-0.2, 0) is 0 Å². The van der Waals surface area contributed by atoms with E-state index >= 15 is 0 Å². The highest BCUT2D eigenvalue weighted by Gasteiger charge is 2.10. The number of nitrogens with zero attached hydrogens (tertiary/aromatic N) is 1. The number of hydrogen-bond acceptors (Lipinski definition) is 2. The highest BCUT2D eigenvalue weighted by Crippen LogP contribution is 2.06. The van der Waals surface area contributed by atoms with Crippen LogP contribution in [0.25, 0.3) is 0 Å². The van der Waals surface area contributed by atoms with Crippen LogP contribution >= 0.6 is 0 Å². The molecule has 0 rings (SSSR count). The zero-order valence-electron chi connectivity index (χ0n) is 7.95. The topological polar surface area (TPSA) is 35.8 Å². The Kier molecular flexibility index (Phi) is 3.13. The predicted octanol–water partition coefficient (Wildman–Crippen LogP) is 2.19. The molecule has 0 aliphatic heterocycles. The van der Waals surface area contributed by atoms with Crippen molar-refractivity contribution in [1.29, 1.82) is 5.26 Å². The standard InChI is InChI=1S/C9H16N2/c1-7(2)8(6-10)11-9(3,4)5/h11H,1-5H3. The molecule has 0 radical (unpaired) electrons. The molecule has 0 aliphatic carbocycles. The van der Waals surface area contributed by atoms with Gasteiger partial charge in [-0.15, -0.1) is 0 Å². The van der Waals surface area contributed by atoms with Crippen LogP contribution in [0, 0.1) is 11.3 Å². The van der Waals surface area contributed by atoms with Gasteiger partial charge in [-0.2, -0.15) is 5.26 Å². The summed E-state index contributed by atoms with van der Waals surface area (Å²) in [7, 11) is 0. The van der Waals surface area contributed by atoms with Crippen LogP contribution in [0.3, 0.4) is 0 Å². The molecule has 0 fully saturated rings. The Hall–Kier alpha value is -0.970. The minimum atomic E-state index is -0.0255. The van der Waals surface area contributed by atoms with Crippen LogP contribution in [0.5, 0.6) is 0 Å². The Bertz CT molecular complexity index is 197. The van der Waals surface area contributed by atoms with Crippen molar-refractivity contribution < 1.29 is 0 Å². The van der Waals surface area contributed by atoms with Crippen molar-refractivity contribution in [2.45, 2.75) is 40.2 Å². The SMILES string of the molecule is CC(C)=C(C#N)NC(C)(C)C. The van der Waals surface area contributed by atoms with Gasteiger partial charge in [-0.3, -0.25) is 0 Å². The molecule has 0 saturated carbocycles. The van der Waals surface area contributed by atoms with Gasteiger partial charge in [0.2, 0.25) is 0 Å². The van der Waals surface area contributed by atoms with E-state index in [4.69, 9.17) is 5.26 Å². The van der Waals surface area contributed by atoms with Crippen LogP contribution < -0.4 is 5.32 Å². The van der Waals surface area contributed by atoms with Crippen molar-refractivity contribution in [3.05, 3.63) is 11.3 Å². The van der Waals surface area contributed by atoms with Gasteiger partial charge in [0, 0.05) is 5.54 Å². The maximum Gasteiger partial charge on any atom is 0.117 e. The fraction of sp³-hybridized carbons (Fsp3) is 0.667. The summed E-state index contributed by atoms with van der Waals surface area (Å²) in [5.74, 6) is 0. The monoisotopic (exact) mass is 152 g/mol. The van der Waals surface area contributed by atoms with Gasteiger partial charge in [0.1, 0.15) is 11.8 Å². The molecule has 0 unspecified atom stereocenters. The second-order valence-electron chi connectivity index (χ2n) is 3.86. The number of allylic oxidation sites excluding steroid dienone is 2. The van der Waals surface area contributed by atoms with Gasteiger partial charge < -0.3 is 5.32 Å². The second-order valence-corrected chi connectivity index (χ2v) is 3.86. The van der Waals surface area contributed by atoms with Crippen molar-refractivity contribution in [3.8, 4) is 6.07 Å². The zero-order chi connectivity index (χ0) is 9.07. The smallest absolute Gasteiger partial charge is 0.117 e. The van der Waals surface area contributed by atoms with E-state index in [9.17, 15) is 0 Å². The van der Waals surface area contributed by atoms with Crippen LogP contribution in [0.1, 0.15) is 34.6 Å². The first kappa shape index (κ1) is 10.0. The van der Waals surface area contributed by atoms with E-state index in [0.717, 1.165) is 5.57 Å². The van der Waals surface area contributed by atoms with E-state index in [1.54, 1.807) is 0 Å². The molecule has 11 heavy (non-hydrogen) atoms. The van der Waals surface area contributed by atoms with Crippen molar-refractivity contribution in [2.24, 2.45) is 0 Å². The first-order valence-corrected chi connectivity index (χ1v) is 3.72. The van der Waals surface area contributed by atoms with Crippen LogP contribution in [0.4, 0.5) is 0 Å². The molecule has 2 nitrogen and oxygen atoms in total. The van der Waals surface area contributed by atoms with E-state index in [0.29, 0.717) is 5.70 Å². The Morgan fingerprint density at radius 2 is 1.73 bits per heavy atom. The average molecular weight is 152 g/mol. The minimum absolute atomic E-state index is 0.0255. The lowest BCUT2D eigenvalue weighted by atomic mass is 10.1. The third kappa shape index (κ3) is 4.44. The summed E-state index contributed by atoms with van der Waals surface area (Å²) in [5, 5.41) is 11.8. The van der Waals surface area contributed by atoms with Crippen LogP contribution in [0.2, 0.25) is 0 Å². The summed E-state index contributed by atoms with van der Waals surface area (Å²) in [6.45, 7) is 9.96. The lowest BCUT2D eigenvalue weighted by Gasteiger charge is -2.21. The Labute approximate surface area is 68.9 Å². The first-order chi connectivity index (χ1) is 4.87. The van der Waals surface area contributed by atoms with Crippen molar-refractivity contribution in [3.63, 3.8) is 0 Å². The largest absolute Gasteiger partial charge is 0.372 e. The van der Waals surface area contributed by atoms with Gasteiger partial charge in [0.25, 0.3) is 0 Å². The summed E-state index contributed by atoms with van der Waals surface area (Å²) in [5.41, 5.74) is 1.68. The van der Waals surface area contributed by atoms with Gasteiger partial charge >= 0.3 is 0 Å². The Balaban J connectivity index is 4.39. The van der Waals surface area contributed by atoms with Crippen LogP contribution in [0.15, 0.2) is 11.3 Å². The lowest BCUT2D eigenvalue weighted by molar-refractivity contribution is 0.478. The molecule has 0 atom stereocenters. The molecule has 0 heterocycles. The fourth-order valence-corrected chi connectivity index (χ4v) is 0.640. The quantitative estimate of drug-likeness (QED) is 0.585. The maximum absolute atomic E-state index is 8.69. The molecular formula is C9H16N2. The Morgan fingerprint density at radius 3 is 1.82 bits per heavy atom. The second kappa shape index (κ2) is 3.43. The Morgan fingerprint density at radius 1 is 1.27 bits per heavy atom. The number of hydrogen-bond donors (Lipinski definition) is 1. The fourth-order valence-electron chi connectivity index (χ4n) is 0.640. The van der Waals surface area contributed by atoms with E-state index in [2.05, 4.69) is 11.4 Å². The van der Waals surface area contributed by atoms with Gasteiger partial charge in [-0.25, -0.2) is 0 Å². The van der Waals surface area contributed by atoms with Gasteiger partial charge in [0.05, 0.1) is 0 Å². The van der Waals surface area contributed by atoms with E-state index in [-0.39, 0.29) is 5.54 Å². The first-order valence-electron chi connectivity index (χ1n) is 3.72. The molecular weight excluding hydrogens is 136 g/mol. The summed E-state index contributed by atoms with van der Waals surface area (Å²) in [6, 6.07) is 2.13. The van der Waals surface area contributed by atoms with Gasteiger partial charge in [0.15, 0.2) is 0 Å². The molecule has 62 valence electrons. The summed E-state index contributed by atoms with van der Waals surface area (Å²) in [6.07, 6.45) is 0. The lowest BCUT2D eigenvalue weighted by Crippen LogP contribution is -2.35. The molecule has 0 saturated heterocycles. The molecule has 0 aliphatic rings. The van der Waals surface area contributed by atoms with Crippen molar-refractivity contribution in [2.75, 3.05) is 0 Å². The zero-order valence-corrected chi connectivity index (χ0v) is 7.95. The van der Waals surface area contributed by atoms with E-state index in [1.807, 2.05) is 34.6 Å². The molecule has 0 aromatic carbocycles. The van der Waals surface area contributed by atoms with Crippen molar-refractivity contribution >= 4 is 0 Å². The maximum atomic E-state index is 8.69. The summed E-state index contributed by atoms with van der Waals surface area (Å²) >= 11 is 0. The van der Waals surface area contributed by atoms with Gasteiger partial charge in [-0.05, 0) is 40.2 Å². The predicted molar refractivity (Wildman–Crippen MR) is 46.9 cm³/mol. The highest BCUT2D eigenvalue weighted by atomic mass is 15.0. The van der Waals surface area contributed by atoms with Gasteiger partial charge in [-0.1, -0.05) is 0 Å². The van der Waals surface area contributed by atoms with E-state index in [1.165, 1.54) is 0 Å². The molecule has 1 N–H and O–H groups in total. The number of nitriles is 1. The third-order valence-electron chi connectivity index (χ3n) is 1.11. The number of rotatable bonds is 1. The molecule has 0 aromatic rings. The minimum Gasteiger partial charge on any atom is -0.372 e. The van der Waals surface area contributed by atoms with Crippen molar-refractivity contribution in [1.82, 2.24) is 5.32 Å². The highest BCUT2D eigenvalue weighted by molar-refractivity contribution is 5.24. The van der Waals surface area contributed by atoms with E-state index < -0.39 is 0 Å². The molecule has 0 spiro atoms. The molecule has 0 amide bonds. The molecule has 0 aromatic heterocycles. The molecule has 0 bridgehead atoms. The summed E-state index contributed by atoms with van der Waals surface area (Å²) in [4.78, 5) is 0. The summed E-state index contributed by atoms with van der Waals surface area (Å²) < 4.78 is 0. The normalized spacial score (nSPS) is 10.2. The molecule has 2 heteroatoms. The third-order valence-corrected chi connectivity index (χ3v) is 1.11. The van der Waals surface area contributed by atoms with Crippen LogP contribution in [-0.4, -0.2) is 5.54 Å². The average Bonchev–Trinajstić information content (AvgIpc) is 1.80. The number of nitrogens with one attached hydrogen (secondary N) is 1.